The molecule has 1 aromatic rings. The van der Waals surface area contributed by atoms with E-state index in [9.17, 15) is 4.79 Å². The van der Waals surface area contributed by atoms with E-state index in [-0.39, 0.29) is 30.0 Å². The van der Waals surface area contributed by atoms with Gasteiger partial charge in [0.25, 0.3) is 0 Å². The first-order chi connectivity index (χ1) is 12.9. The summed E-state index contributed by atoms with van der Waals surface area (Å²) in [5.41, 5.74) is 1.39. The summed E-state index contributed by atoms with van der Waals surface area (Å²) in [6, 6.07) is 3.60. The molecule has 2 saturated heterocycles. The van der Waals surface area contributed by atoms with Crippen LogP contribution in [-0.2, 0) is 18.9 Å². The summed E-state index contributed by atoms with van der Waals surface area (Å²) in [6.07, 6.45) is -0.365. The monoisotopic (exact) mass is 378 g/mol. The zero-order chi connectivity index (χ0) is 19.3. The summed E-state index contributed by atoms with van der Waals surface area (Å²) in [4.78, 5) is 12.7. The molecule has 4 rings (SSSR count). The second-order valence-corrected chi connectivity index (χ2v) is 7.60. The van der Waals surface area contributed by atoms with Crippen molar-refractivity contribution in [2.75, 3.05) is 21.3 Å². The van der Waals surface area contributed by atoms with Crippen molar-refractivity contribution in [3.8, 4) is 11.5 Å². The predicted molar refractivity (Wildman–Crippen MR) is 95.3 cm³/mol. The van der Waals surface area contributed by atoms with E-state index < -0.39 is 12.1 Å². The Labute approximate surface area is 158 Å². The van der Waals surface area contributed by atoms with Crippen LogP contribution < -0.4 is 9.47 Å². The van der Waals surface area contributed by atoms with Gasteiger partial charge >= 0.3 is 0 Å². The van der Waals surface area contributed by atoms with Gasteiger partial charge in [-0.1, -0.05) is 0 Å². The maximum atomic E-state index is 12.7. The normalized spacial score (nSPS) is 34.3. The van der Waals surface area contributed by atoms with Crippen LogP contribution >= 0.6 is 0 Å². The third-order valence-corrected chi connectivity index (χ3v) is 5.63. The molecule has 0 saturated carbocycles. The quantitative estimate of drug-likeness (QED) is 0.797. The molecule has 3 aliphatic rings. The Morgan fingerprint density at radius 2 is 1.74 bits per heavy atom. The zero-order valence-electron chi connectivity index (χ0n) is 16.3. The SMILES string of the molecule is COc1ccc(OC)c2c1C(=O)CCC2[C@H]1O[C@@H]2OC(C)(C)O[C@@H]2[C@H]1OC. The first-order valence-corrected chi connectivity index (χ1v) is 9.22. The van der Waals surface area contributed by atoms with Crippen LogP contribution in [0.2, 0.25) is 0 Å². The Morgan fingerprint density at radius 3 is 2.41 bits per heavy atom. The second kappa shape index (κ2) is 6.74. The third-order valence-electron chi connectivity index (χ3n) is 5.63. The van der Waals surface area contributed by atoms with E-state index in [4.69, 9.17) is 28.4 Å². The van der Waals surface area contributed by atoms with Crippen LogP contribution in [0.5, 0.6) is 11.5 Å². The number of ketones is 1. The minimum absolute atomic E-state index is 0.0535. The van der Waals surface area contributed by atoms with Crippen molar-refractivity contribution < 1.29 is 33.2 Å². The van der Waals surface area contributed by atoms with Crippen molar-refractivity contribution >= 4 is 5.78 Å². The maximum Gasteiger partial charge on any atom is 0.190 e. The highest BCUT2D eigenvalue weighted by Crippen LogP contribution is 2.49. The molecule has 27 heavy (non-hydrogen) atoms. The van der Waals surface area contributed by atoms with Crippen molar-refractivity contribution in [2.45, 2.75) is 63.0 Å². The molecule has 7 heteroatoms. The highest BCUT2D eigenvalue weighted by atomic mass is 16.8. The summed E-state index contributed by atoms with van der Waals surface area (Å²) in [7, 11) is 4.82. The van der Waals surface area contributed by atoms with Crippen LogP contribution in [0.4, 0.5) is 0 Å². The lowest BCUT2D eigenvalue weighted by atomic mass is 9.76. The number of methoxy groups -OCH3 is 3. The van der Waals surface area contributed by atoms with Gasteiger partial charge in [0.1, 0.15) is 23.7 Å². The Bertz CT molecular complexity index is 744. The Kier molecular flexibility index (Phi) is 4.66. The molecule has 0 N–H and O–H groups in total. The molecule has 148 valence electrons. The van der Waals surface area contributed by atoms with Crippen LogP contribution in [0.15, 0.2) is 12.1 Å². The van der Waals surface area contributed by atoms with Crippen LogP contribution in [0.1, 0.15) is 48.5 Å². The average molecular weight is 378 g/mol. The van der Waals surface area contributed by atoms with Gasteiger partial charge in [-0.15, -0.1) is 0 Å². The molecule has 7 nitrogen and oxygen atoms in total. The number of rotatable bonds is 4. The highest BCUT2D eigenvalue weighted by molar-refractivity contribution is 6.02. The number of hydrogen-bond acceptors (Lipinski definition) is 7. The number of Topliss-reactive ketones (excluding diaryl/α,β-unsaturated/α-hetero) is 1. The lowest BCUT2D eigenvalue weighted by Gasteiger charge is -2.34. The van der Waals surface area contributed by atoms with Gasteiger partial charge in [0.2, 0.25) is 0 Å². The minimum atomic E-state index is -0.710. The molecule has 5 atom stereocenters. The molecule has 0 amide bonds. The van der Waals surface area contributed by atoms with Gasteiger partial charge in [0.05, 0.1) is 25.9 Å². The van der Waals surface area contributed by atoms with E-state index in [0.717, 1.165) is 5.56 Å². The largest absolute Gasteiger partial charge is 0.496 e. The summed E-state index contributed by atoms with van der Waals surface area (Å²) in [6.45, 7) is 3.72. The molecule has 0 bridgehead atoms. The molecule has 0 aromatic heterocycles. The number of benzene rings is 1. The van der Waals surface area contributed by atoms with Crippen molar-refractivity contribution in [1.29, 1.82) is 0 Å². The summed E-state index contributed by atoms with van der Waals surface area (Å²) in [5.74, 6) is 0.465. The molecular weight excluding hydrogens is 352 g/mol. The number of ether oxygens (including phenoxy) is 6. The first-order valence-electron chi connectivity index (χ1n) is 9.22. The van der Waals surface area contributed by atoms with E-state index in [1.807, 2.05) is 19.9 Å². The third kappa shape index (κ3) is 2.93. The molecule has 1 aliphatic carbocycles. The minimum Gasteiger partial charge on any atom is -0.496 e. The first kappa shape index (κ1) is 18.7. The fourth-order valence-corrected chi connectivity index (χ4v) is 4.57. The fraction of sp³-hybridized carbons (Fsp3) is 0.650. The standard InChI is InChI=1S/C20H26O7/c1-20(2)26-18-17(24-5)16(25-19(18)27-20)10-6-7-11(21)15-13(23-4)9-8-12(22-3)14(10)15/h8-10,16-19H,6-7H2,1-5H3/t10?,16-,17+,18-,19-/m1/s1. The van der Waals surface area contributed by atoms with Gasteiger partial charge in [-0.2, -0.15) is 0 Å². The Morgan fingerprint density at radius 1 is 1.04 bits per heavy atom. The smallest absolute Gasteiger partial charge is 0.190 e. The van der Waals surface area contributed by atoms with Crippen molar-refractivity contribution in [2.24, 2.45) is 0 Å². The van der Waals surface area contributed by atoms with E-state index in [2.05, 4.69) is 0 Å². The lowest BCUT2D eigenvalue weighted by molar-refractivity contribution is -0.219. The number of carbonyl (C=O) groups is 1. The molecule has 1 unspecified atom stereocenters. The van der Waals surface area contributed by atoms with Gasteiger partial charge in [0, 0.05) is 25.0 Å². The van der Waals surface area contributed by atoms with Crippen LogP contribution in [0.3, 0.4) is 0 Å². The van der Waals surface area contributed by atoms with Crippen LogP contribution in [-0.4, -0.2) is 57.5 Å². The van der Waals surface area contributed by atoms with E-state index >= 15 is 0 Å². The highest BCUT2D eigenvalue weighted by Gasteiger charge is 2.57. The molecule has 2 heterocycles. The van der Waals surface area contributed by atoms with Crippen molar-refractivity contribution in [3.05, 3.63) is 23.3 Å². The van der Waals surface area contributed by atoms with Gasteiger partial charge in [-0.25, -0.2) is 0 Å². The Hall–Kier alpha value is -1.67. The summed E-state index contributed by atoms with van der Waals surface area (Å²) in [5, 5.41) is 0. The van der Waals surface area contributed by atoms with Crippen LogP contribution in [0.25, 0.3) is 0 Å². The van der Waals surface area contributed by atoms with E-state index in [1.165, 1.54) is 0 Å². The summed E-state index contributed by atoms with van der Waals surface area (Å²) >= 11 is 0. The van der Waals surface area contributed by atoms with E-state index in [0.29, 0.717) is 29.9 Å². The van der Waals surface area contributed by atoms with Crippen molar-refractivity contribution in [1.82, 2.24) is 0 Å². The average Bonchev–Trinajstić information content (AvgIpc) is 3.12. The van der Waals surface area contributed by atoms with Gasteiger partial charge < -0.3 is 28.4 Å². The maximum absolute atomic E-state index is 12.7. The second-order valence-electron chi connectivity index (χ2n) is 7.60. The number of fused-ring (bicyclic) bond motifs is 2. The summed E-state index contributed by atoms with van der Waals surface area (Å²) < 4.78 is 35.0. The van der Waals surface area contributed by atoms with Gasteiger partial charge in [0.15, 0.2) is 17.9 Å². The number of hydrogen-bond donors (Lipinski definition) is 0. The predicted octanol–water partition coefficient (Wildman–Crippen LogP) is 2.66. The number of carbonyl (C=O) groups excluding carboxylic acids is 1. The van der Waals surface area contributed by atoms with Crippen LogP contribution in [0, 0.1) is 0 Å². The van der Waals surface area contributed by atoms with E-state index in [1.54, 1.807) is 27.4 Å². The lowest BCUT2D eigenvalue weighted by Crippen LogP contribution is -2.40. The molecule has 2 fully saturated rings. The topological polar surface area (TPSA) is 72.5 Å². The van der Waals surface area contributed by atoms with Gasteiger partial charge in [-0.3, -0.25) is 4.79 Å². The fourth-order valence-electron chi connectivity index (χ4n) is 4.57. The zero-order valence-corrected chi connectivity index (χ0v) is 16.3. The molecule has 2 aliphatic heterocycles. The van der Waals surface area contributed by atoms with Gasteiger partial charge in [-0.05, 0) is 32.4 Å². The molecule has 0 radical (unpaired) electrons. The molecular formula is C20H26O7. The Balaban J connectivity index is 1.75. The molecule has 0 spiro atoms. The van der Waals surface area contributed by atoms with Crippen molar-refractivity contribution in [3.63, 3.8) is 0 Å². The molecule has 1 aromatic carbocycles.